The molecule has 11 nitrogen and oxygen atoms in total. The highest BCUT2D eigenvalue weighted by Crippen LogP contribution is 2.13. The van der Waals surface area contributed by atoms with Gasteiger partial charge >= 0.3 is 11.9 Å². The van der Waals surface area contributed by atoms with Gasteiger partial charge in [-0.25, -0.2) is 15.0 Å². The zero-order valence-corrected chi connectivity index (χ0v) is 16.9. The fourth-order valence-corrected chi connectivity index (χ4v) is 1.96. The lowest BCUT2D eigenvalue weighted by atomic mass is 10.1. The zero-order valence-electron chi connectivity index (χ0n) is 16.9. The van der Waals surface area contributed by atoms with Crippen LogP contribution in [0.2, 0.25) is 0 Å². The van der Waals surface area contributed by atoms with Gasteiger partial charge in [-0.05, 0) is 39.0 Å². The van der Waals surface area contributed by atoms with Gasteiger partial charge in [0.1, 0.15) is 11.1 Å². The molecule has 1 amide bonds. The molecule has 0 saturated heterocycles. The molecule has 30 heavy (non-hydrogen) atoms. The molecule has 0 aliphatic heterocycles. The fourth-order valence-electron chi connectivity index (χ4n) is 1.96. The quantitative estimate of drug-likeness (QED) is 0.0951. The first-order valence-corrected chi connectivity index (χ1v) is 9.01. The summed E-state index contributed by atoms with van der Waals surface area (Å²) in [5.74, 6) is -3.75. The molecule has 0 fully saturated rings. The summed E-state index contributed by atoms with van der Waals surface area (Å²) in [7, 11) is 0. The highest BCUT2D eigenvalue weighted by molar-refractivity contribution is 6.19. The van der Waals surface area contributed by atoms with Crippen LogP contribution in [0.4, 0.5) is 0 Å². The highest BCUT2D eigenvalue weighted by Gasteiger charge is 2.23. The van der Waals surface area contributed by atoms with Gasteiger partial charge in [-0.2, -0.15) is 5.10 Å². The molecule has 0 unspecified atom stereocenters. The molecule has 0 spiro atoms. The maximum Gasteiger partial charge on any atom is 0.345 e. The molecule has 162 valence electrons. The van der Waals surface area contributed by atoms with Crippen molar-refractivity contribution in [3.05, 3.63) is 53.3 Å². The van der Waals surface area contributed by atoms with Gasteiger partial charge in [-0.3, -0.25) is 9.78 Å². The Morgan fingerprint density at radius 2 is 1.63 bits per heavy atom. The summed E-state index contributed by atoms with van der Waals surface area (Å²) in [6.45, 7) is 4.77. The van der Waals surface area contributed by atoms with E-state index in [1.807, 2.05) is 0 Å². The number of ether oxygens (including phenoxy) is 3. The molecule has 1 heterocycles. The van der Waals surface area contributed by atoms with Crippen molar-refractivity contribution in [2.75, 3.05) is 19.8 Å². The average Bonchev–Trinajstić information content (AvgIpc) is 2.73. The van der Waals surface area contributed by atoms with Crippen molar-refractivity contribution in [2.45, 2.75) is 20.8 Å². The van der Waals surface area contributed by atoms with Gasteiger partial charge in [-0.15, -0.1) is 0 Å². The number of nitrogens with zero attached hydrogens (tertiary/aromatic N) is 2. The van der Waals surface area contributed by atoms with Gasteiger partial charge in [0.2, 0.25) is 0 Å². The number of hydrazone groups is 1. The van der Waals surface area contributed by atoms with Crippen LogP contribution in [0, 0.1) is 0 Å². The van der Waals surface area contributed by atoms with E-state index in [-0.39, 0.29) is 25.4 Å². The predicted octanol–water partition coefficient (Wildman–Crippen LogP) is 0.942. The second-order valence-electron chi connectivity index (χ2n) is 5.32. The zero-order chi connectivity index (χ0) is 22.5. The van der Waals surface area contributed by atoms with E-state index in [0.29, 0.717) is 0 Å². The molecule has 11 heteroatoms. The van der Waals surface area contributed by atoms with Gasteiger partial charge < -0.3 is 25.1 Å². The molecule has 4 N–H and O–H groups in total. The van der Waals surface area contributed by atoms with Crippen molar-refractivity contribution in [3.8, 4) is 0 Å². The van der Waals surface area contributed by atoms with Crippen molar-refractivity contribution in [1.29, 1.82) is 0 Å². The Morgan fingerprint density at radius 3 is 2.20 bits per heavy atom. The number of aromatic nitrogens is 1. The van der Waals surface area contributed by atoms with E-state index >= 15 is 0 Å². The number of hydrogen-bond donors (Lipinski definition) is 3. The Balaban J connectivity index is 3.31. The number of amides is 1. The lowest BCUT2D eigenvalue weighted by Gasteiger charge is -2.10. The largest absolute Gasteiger partial charge is 0.480 e. The fraction of sp³-hybridized carbons (Fsp3) is 0.316. The van der Waals surface area contributed by atoms with Crippen molar-refractivity contribution >= 4 is 23.7 Å². The second-order valence-corrected chi connectivity index (χ2v) is 5.32. The molecule has 0 saturated carbocycles. The number of esters is 2. The van der Waals surface area contributed by atoms with E-state index in [9.17, 15) is 19.5 Å². The number of carbonyl (C=O) groups excluding carboxylic acids is 3. The van der Waals surface area contributed by atoms with Crippen LogP contribution in [0.15, 0.2) is 52.8 Å². The Bertz CT molecular complexity index is 848. The monoisotopic (exact) mass is 420 g/mol. The minimum Gasteiger partial charge on any atom is -0.480 e. The van der Waals surface area contributed by atoms with Crippen LogP contribution in [-0.4, -0.2) is 53.6 Å². The highest BCUT2D eigenvalue weighted by atomic mass is 16.6. The van der Waals surface area contributed by atoms with E-state index in [1.54, 1.807) is 20.8 Å². The van der Waals surface area contributed by atoms with Crippen LogP contribution in [0.5, 0.6) is 0 Å². The number of pyridine rings is 1. The standard InChI is InChI=1S/C19H24N4O7/c1-4-28-17(25)13(11-14(18(26)29-5-2)19(27)30-6-3)15(20)22-23-16(24)12-7-9-21-10-8-12/h7-11,26H,4-6H2,1-3H3,(H2,20,22)(H,23,24)/b13-11+,18-14+. The lowest BCUT2D eigenvalue weighted by Crippen LogP contribution is -2.28. The minimum absolute atomic E-state index is 0.00270. The Labute approximate surface area is 173 Å². The Morgan fingerprint density at radius 1 is 1.07 bits per heavy atom. The Kier molecular flexibility index (Phi) is 10.1. The molecule has 1 aromatic heterocycles. The predicted molar refractivity (Wildman–Crippen MR) is 106 cm³/mol. The third-order valence-electron chi connectivity index (χ3n) is 3.29. The molecular weight excluding hydrogens is 396 g/mol. The molecule has 1 aromatic rings. The third-order valence-corrected chi connectivity index (χ3v) is 3.29. The summed E-state index contributed by atoms with van der Waals surface area (Å²) in [5.41, 5.74) is 7.39. The number of aliphatic hydroxyl groups is 1. The first-order chi connectivity index (χ1) is 14.3. The maximum absolute atomic E-state index is 12.3. The van der Waals surface area contributed by atoms with Gasteiger partial charge in [0.15, 0.2) is 5.84 Å². The van der Waals surface area contributed by atoms with Gasteiger partial charge in [0.05, 0.1) is 19.8 Å². The van der Waals surface area contributed by atoms with Crippen molar-refractivity contribution < 1.29 is 33.7 Å². The summed E-state index contributed by atoms with van der Waals surface area (Å²) >= 11 is 0. The molecule has 0 radical (unpaired) electrons. The number of hydrogen-bond acceptors (Lipinski definition) is 9. The van der Waals surface area contributed by atoms with Crippen LogP contribution < -0.4 is 11.2 Å². The summed E-state index contributed by atoms with van der Waals surface area (Å²) < 4.78 is 14.7. The third kappa shape index (κ3) is 7.26. The summed E-state index contributed by atoms with van der Waals surface area (Å²) in [6.07, 6.45) is 3.75. The lowest BCUT2D eigenvalue weighted by molar-refractivity contribution is -0.138. The summed E-state index contributed by atoms with van der Waals surface area (Å²) in [4.78, 5) is 40.4. The summed E-state index contributed by atoms with van der Waals surface area (Å²) in [6, 6.07) is 2.90. The molecule has 0 aliphatic rings. The first-order valence-electron chi connectivity index (χ1n) is 9.01. The topological polar surface area (TPSA) is 162 Å². The minimum atomic E-state index is -0.959. The smallest absolute Gasteiger partial charge is 0.345 e. The van der Waals surface area contributed by atoms with Gasteiger partial charge in [0.25, 0.3) is 11.9 Å². The molecule has 0 aromatic carbocycles. The van der Waals surface area contributed by atoms with E-state index in [4.69, 9.17) is 19.9 Å². The molecule has 1 rings (SSSR count). The molecule has 0 aliphatic carbocycles. The molecule has 0 bridgehead atoms. The van der Waals surface area contributed by atoms with E-state index < -0.39 is 40.8 Å². The number of nitrogens with one attached hydrogen (secondary N) is 1. The van der Waals surface area contributed by atoms with Crippen LogP contribution in [0.1, 0.15) is 31.1 Å². The number of nitrogens with two attached hydrogens (primary N) is 1. The number of aliphatic hydroxyl groups excluding tert-OH is 1. The van der Waals surface area contributed by atoms with Crippen molar-refractivity contribution in [1.82, 2.24) is 10.4 Å². The van der Waals surface area contributed by atoms with E-state index in [1.165, 1.54) is 24.5 Å². The number of amidine groups is 1. The molecular formula is C19H24N4O7. The normalized spacial score (nSPS) is 12.5. The van der Waals surface area contributed by atoms with Crippen LogP contribution >= 0.6 is 0 Å². The van der Waals surface area contributed by atoms with Crippen molar-refractivity contribution in [2.24, 2.45) is 10.8 Å². The van der Waals surface area contributed by atoms with Gasteiger partial charge in [-0.1, -0.05) is 0 Å². The van der Waals surface area contributed by atoms with Crippen LogP contribution in [0.25, 0.3) is 0 Å². The number of carbonyl (C=O) groups is 3. The maximum atomic E-state index is 12.3. The Hall–Kier alpha value is -3.89. The molecule has 0 atom stereocenters. The summed E-state index contributed by atoms with van der Waals surface area (Å²) in [5, 5.41) is 13.7. The average molecular weight is 420 g/mol. The first kappa shape index (κ1) is 24.1. The van der Waals surface area contributed by atoms with E-state index in [0.717, 1.165) is 6.08 Å². The van der Waals surface area contributed by atoms with E-state index in [2.05, 4.69) is 15.5 Å². The number of rotatable bonds is 10. The second kappa shape index (κ2) is 12.5. The SMILES string of the molecule is CCOC(=O)C(=C/C(C(=O)OCC)=C(/O)OCC)/C(N)=N/NC(=O)c1ccncc1. The van der Waals surface area contributed by atoms with Crippen LogP contribution in [0.3, 0.4) is 0 Å². The van der Waals surface area contributed by atoms with Gasteiger partial charge in [0, 0.05) is 18.0 Å². The van der Waals surface area contributed by atoms with Crippen molar-refractivity contribution in [3.63, 3.8) is 0 Å². The van der Waals surface area contributed by atoms with Crippen LogP contribution in [-0.2, 0) is 23.8 Å².